The zero-order chi connectivity index (χ0) is 9.19. The van der Waals surface area contributed by atoms with Crippen LogP contribution in [0.2, 0.25) is 0 Å². The summed E-state index contributed by atoms with van der Waals surface area (Å²) in [6.45, 7) is 7.17. The molecule has 0 aromatic carbocycles. The van der Waals surface area contributed by atoms with Gasteiger partial charge in [-0.1, -0.05) is 0 Å². The van der Waals surface area contributed by atoms with E-state index in [0.29, 0.717) is 6.54 Å². The predicted octanol–water partition coefficient (Wildman–Crippen LogP) is 1.14. The van der Waals surface area contributed by atoms with Crippen molar-refractivity contribution >= 4 is 0 Å². The minimum atomic E-state index is 0.112. The van der Waals surface area contributed by atoms with Crippen LogP contribution in [0.5, 0.6) is 0 Å². The highest BCUT2D eigenvalue weighted by Gasteiger charge is 2.15. The first-order valence-corrected chi connectivity index (χ1v) is 4.27. The van der Waals surface area contributed by atoms with Crippen LogP contribution in [0.1, 0.15) is 26.5 Å². The maximum atomic E-state index is 5.49. The Morgan fingerprint density at radius 1 is 1.50 bits per heavy atom. The minimum absolute atomic E-state index is 0.112. The summed E-state index contributed by atoms with van der Waals surface area (Å²) in [6.07, 6.45) is 4.65. The molecule has 0 aliphatic carbocycles. The van der Waals surface area contributed by atoms with Crippen molar-refractivity contribution in [3.8, 4) is 0 Å². The van der Waals surface area contributed by atoms with Crippen LogP contribution in [0.15, 0.2) is 12.5 Å². The predicted molar refractivity (Wildman–Crippen MR) is 50.0 cm³/mol. The summed E-state index contributed by atoms with van der Waals surface area (Å²) in [7, 11) is 0. The number of imidazole rings is 1. The first-order valence-electron chi connectivity index (χ1n) is 4.27. The molecule has 3 heteroatoms. The fourth-order valence-electron chi connectivity index (χ4n) is 1.26. The van der Waals surface area contributed by atoms with Gasteiger partial charge in [0.1, 0.15) is 0 Å². The SMILES string of the molecule is CC(C)(C)n1cncc1CCN. The van der Waals surface area contributed by atoms with Gasteiger partial charge in [-0.3, -0.25) is 0 Å². The number of rotatable bonds is 2. The van der Waals surface area contributed by atoms with Crippen LogP contribution in [0.4, 0.5) is 0 Å². The van der Waals surface area contributed by atoms with Crippen LogP contribution >= 0.6 is 0 Å². The molecule has 1 aromatic heterocycles. The van der Waals surface area contributed by atoms with Gasteiger partial charge in [0.2, 0.25) is 0 Å². The van der Waals surface area contributed by atoms with Crippen LogP contribution in [0, 0.1) is 0 Å². The number of hydrogen-bond donors (Lipinski definition) is 1. The lowest BCUT2D eigenvalue weighted by molar-refractivity contribution is 0.384. The third kappa shape index (κ3) is 1.85. The molecule has 1 heterocycles. The van der Waals surface area contributed by atoms with Gasteiger partial charge >= 0.3 is 0 Å². The molecule has 1 aromatic rings. The van der Waals surface area contributed by atoms with Crippen LogP contribution in [0.25, 0.3) is 0 Å². The summed E-state index contributed by atoms with van der Waals surface area (Å²) in [5.41, 5.74) is 6.82. The molecule has 0 saturated carbocycles. The molecular weight excluding hydrogens is 150 g/mol. The van der Waals surface area contributed by atoms with E-state index in [2.05, 4.69) is 30.3 Å². The second-order valence-electron chi connectivity index (χ2n) is 3.96. The molecule has 0 amide bonds. The van der Waals surface area contributed by atoms with Crippen molar-refractivity contribution in [1.82, 2.24) is 9.55 Å². The third-order valence-corrected chi connectivity index (χ3v) is 1.84. The zero-order valence-corrected chi connectivity index (χ0v) is 8.04. The quantitative estimate of drug-likeness (QED) is 0.717. The summed E-state index contributed by atoms with van der Waals surface area (Å²) in [5.74, 6) is 0. The average molecular weight is 167 g/mol. The molecule has 2 N–H and O–H groups in total. The van der Waals surface area contributed by atoms with Gasteiger partial charge < -0.3 is 10.3 Å². The normalized spacial score (nSPS) is 12.0. The first-order chi connectivity index (χ1) is 5.55. The van der Waals surface area contributed by atoms with E-state index in [1.807, 2.05) is 12.5 Å². The van der Waals surface area contributed by atoms with E-state index in [1.165, 1.54) is 5.69 Å². The fraction of sp³-hybridized carbons (Fsp3) is 0.667. The van der Waals surface area contributed by atoms with Gasteiger partial charge in [-0.25, -0.2) is 4.98 Å². The second kappa shape index (κ2) is 3.27. The Kier molecular flexibility index (Phi) is 2.52. The summed E-state index contributed by atoms with van der Waals surface area (Å²) >= 11 is 0. The Labute approximate surface area is 73.6 Å². The molecule has 12 heavy (non-hydrogen) atoms. The van der Waals surface area contributed by atoms with Crippen molar-refractivity contribution < 1.29 is 0 Å². The Morgan fingerprint density at radius 3 is 2.67 bits per heavy atom. The molecule has 0 saturated heterocycles. The van der Waals surface area contributed by atoms with Crippen molar-refractivity contribution in [2.45, 2.75) is 32.7 Å². The Bertz CT molecular complexity index is 245. The lowest BCUT2D eigenvalue weighted by Gasteiger charge is -2.23. The van der Waals surface area contributed by atoms with Gasteiger partial charge in [-0.15, -0.1) is 0 Å². The van der Waals surface area contributed by atoms with Gasteiger partial charge in [0.05, 0.1) is 6.33 Å². The maximum Gasteiger partial charge on any atom is 0.0953 e. The Morgan fingerprint density at radius 2 is 2.17 bits per heavy atom. The van der Waals surface area contributed by atoms with Gasteiger partial charge in [0.25, 0.3) is 0 Å². The van der Waals surface area contributed by atoms with Gasteiger partial charge in [0, 0.05) is 23.9 Å². The topological polar surface area (TPSA) is 43.8 Å². The second-order valence-corrected chi connectivity index (χ2v) is 3.96. The van der Waals surface area contributed by atoms with Crippen molar-refractivity contribution in [3.05, 3.63) is 18.2 Å². The smallest absolute Gasteiger partial charge is 0.0953 e. The molecule has 0 spiro atoms. The molecule has 0 bridgehead atoms. The van der Waals surface area contributed by atoms with Gasteiger partial charge in [0.15, 0.2) is 0 Å². The average Bonchev–Trinajstić information content (AvgIpc) is 2.34. The number of nitrogens with two attached hydrogens (primary N) is 1. The molecule has 0 fully saturated rings. The van der Waals surface area contributed by atoms with Crippen molar-refractivity contribution in [1.29, 1.82) is 0 Å². The molecule has 0 radical (unpaired) electrons. The van der Waals surface area contributed by atoms with E-state index in [0.717, 1.165) is 6.42 Å². The maximum absolute atomic E-state index is 5.49. The molecule has 68 valence electrons. The summed E-state index contributed by atoms with van der Waals surface area (Å²) in [6, 6.07) is 0. The number of aromatic nitrogens is 2. The van der Waals surface area contributed by atoms with E-state index in [4.69, 9.17) is 5.73 Å². The highest BCUT2D eigenvalue weighted by atomic mass is 15.1. The molecule has 0 aliphatic heterocycles. The van der Waals surface area contributed by atoms with Crippen LogP contribution in [-0.4, -0.2) is 16.1 Å². The zero-order valence-electron chi connectivity index (χ0n) is 8.04. The van der Waals surface area contributed by atoms with Gasteiger partial charge in [-0.05, 0) is 27.3 Å². The molecule has 0 aliphatic rings. The van der Waals surface area contributed by atoms with Crippen molar-refractivity contribution in [2.75, 3.05) is 6.54 Å². The summed E-state index contributed by atoms with van der Waals surface area (Å²) in [5, 5.41) is 0. The molecule has 1 rings (SSSR count). The number of hydrogen-bond acceptors (Lipinski definition) is 2. The lowest BCUT2D eigenvalue weighted by atomic mass is 10.1. The van der Waals surface area contributed by atoms with Crippen LogP contribution in [0.3, 0.4) is 0 Å². The van der Waals surface area contributed by atoms with E-state index in [-0.39, 0.29) is 5.54 Å². The first kappa shape index (κ1) is 9.26. The van der Waals surface area contributed by atoms with Crippen molar-refractivity contribution in [2.24, 2.45) is 5.73 Å². The monoisotopic (exact) mass is 167 g/mol. The van der Waals surface area contributed by atoms with E-state index < -0.39 is 0 Å². The van der Waals surface area contributed by atoms with Crippen molar-refractivity contribution in [3.63, 3.8) is 0 Å². The Balaban J connectivity index is 2.91. The van der Waals surface area contributed by atoms with Crippen LogP contribution < -0.4 is 5.73 Å². The third-order valence-electron chi connectivity index (χ3n) is 1.84. The molecular formula is C9H17N3. The van der Waals surface area contributed by atoms with E-state index in [1.54, 1.807) is 0 Å². The molecule has 3 nitrogen and oxygen atoms in total. The standard InChI is InChI=1S/C9H17N3/c1-9(2,3)12-7-11-6-8(12)4-5-10/h6-7H,4-5,10H2,1-3H3. The van der Waals surface area contributed by atoms with Gasteiger partial charge in [-0.2, -0.15) is 0 Å². The number of nitrogens with zero attached hydrogens (tertiary/aromatic N) is 2. The molecule has 0 atom stereocenters. The largest absolute Gasteiger partial charge is 0.330 e. The highest BCUT2D eigenvalue weighted by Crippen LogP contribution is 2.16. The van der Waals surface area contributed by atoms with E-state index in [9.17, 15) is 0 Å². The van der Waals surface area contributed by atoms with E-state index >= 15 is 0 Å². The highest BCUT2D eigenvalue weighted by molar-refractivity contribution is 5.02. The fourth-order valence-corrected chi connectivity index (χ4v) is 1.26. The summed E-state index contributed by atoms with van der Waals surface area (Å²) < 4.78 is 2.17. The Hall–Kier alpha value is -0.830. The van der Waals surface area contributed by atoms with Crippen LogP contribution in [-0.2, 0) is 12.0 Å². The summed E-state index contributed by atoms with van der Waals surface area (Å²) in [4.78, 5) is 4.11. The molecule has 0 unspecified atom stereocenters. The minimum Gasteiger partial charge on any atom is -0.330 e. The lowest BCUT2D eigenvalue weighted by Crippen LogP contribution is -2.24.